The summed E-state index contributed by atoms with van der Waals surface area (Å²) in [6, 6.07) is 7.96. The molecule has 1 fully saturated rings. The number of methoxy groups -OCH3 is 1. The van der Waals surface area contributed by atoms with Crippen molar-refractivity contribution in [3.63, 3.8) is 0 Å². The number of hydrogen-bond donors (Lipinski definition) is 1. The number of nitrogens with zero attached hydrogens (tertiary/aromatic N) is 3. The summed E-state index contributed by atoms with van der Waals surface area (Å²) in [4.78, 5) is 29.4. The molecule has 3 amide bonds. The first-order chi connectivity index (χ1) is 11.9. The minimum Gasteiger partial charge on any atom is -0.453 e. The molecule has 1 aliphatic rings. The Bertz CT molecular complexity index is 588. The molecule has 0 radical (unpaired) electrons. The van der Waals surface area contributed by atoms with Gasteiger partial charge in [0.1, 0.15) is 0 Å². The molecule has 2 rings (SSSR count). The van der Waals surface area contributed by atoms with Crippen LogP contribution in [0.15, 0.2) is 24.3 Å². The van der Waals surface area contributed by atoms with Gasteiger partial charge in [-0.1, -0.05) is 12.1 Å². The normalized spacial score (nSPS) is 17.0. The molecule has 1 saturated heterocycles. The van der Waals surface area contributed by atoms with E-state index in [9.17, 15) is 9.59 Å². The van der Waals surface area contributed by atoms with Crippen LogP contribution in [-0.2, 0) is 11.3 Å². The van der Waals surface area contributed by atoms with E-state index in [1.807, 2.05) is 43.3 Å². The van der Waals surface area contributed by atoms with Crippen LogP contribution in [0.2, 0.25) is 0 Å². The zero-order valence-corrected chi connectivity index (χ0v) is 15.5. The van der Waals surface area contributed by atoms with Gasteiger partial charge in [0.05, 0.1) is 7.11 Å². The van der Waals surface area contributed by atoms with Gasteiger partial charge in [0, 0.05) is 52.5 Å². The first-order valence-corrected chi connectivity index (χ1v) is 8.51. The maximum Gasteiger partial charge on any atom is 0.409 e. The second-order valence-corrected chi connectivity index (χ2v) is 6.62. The van der Waals surface area contributed by atoms with Gasteiger partial charge in [-0.3, -0.25) is 0 Å². The molecule has 0 saturated carbocycles. The van der Waals surface area contributed by atoms with Crippen molar-refractivity contribution in [1.82, 2.24) is 15.1 Å². The Labute approximate surface area is 149 Å². The molecule has 0 bridgehead atoms. The van der Waals surface area contributed by atoms with E-state index in [1.165, 1.54) is 7.11 Å². The maximum atomic E-state index is 12.4. The highest BCUT2D eigenvalue weighted by atomic mass is 16.5. The van der Waals surface area contributed by atoms with Gasteiger partial charge in [-0.25, -0.2) is 9.59 Å². The number of urea groups is 1. The molecule has 1 aliphatic heterocycles. The molecule has 1 atom stereocenters. The molecule has 1 N–H and O–H groups in total. The third kappa shape index (κ3) is 5.27. The molecule has 1 heterocycles. The first-order valence-electron chi connectivity index (χ1n) is 8.51. The second-order valence-electron chi connectivity index (χ2n) is 6.62. The maximum absolute atomic E-state index is 12.4. The van der Waals surface area contributed by atoms with Gasteiger partial charge < -0.3 is 24.8 Å². The highest BCUT2D eigenvalue weighted by Crippen LogP contribution is 2.14. The summed E-state index contributed by atoms with van der Waals surface area (Å²) in [5.74, 6) is 0. The average Bonchev–Trinajstić information content (AvgIpc) is 2.61. The lowest BCUT2D eigenvalue weighted by Crippen LogP contribution is -2.52. The number of carbonyl (C=O) groups is 2. The van der Waals surface area contributed by atoms with Crippen LogP contribution in [0.25, 0.3) is 0 Å². The third-order valence-corrected chi connectivity index (χ3v) is 4.40. The second kappa shape index (κ2) is 8.60. The minimum atomic E-state index is -0.340. The standard InChI is InChI=1S/C18H28N4O3/c1-20(2)16-9-7-14(8-10-16)12-21(3)17(23)19-15-6-5-11-22(13-15)18(24)25-4/h7-10,15H,5-6,11-13H2,1-4H3,(H,19,23). The van der Waals surface area contributed by atoms with Gasteiger partial charge in [-0.2, -0.15) is 0 Å². The number of nitrogens with one attached hydrogen (secondary N) is 1. The van der Waals surface area contributed by atoms with Crippen LogP contribution in [0.5, 0.6) is 0 Å². The molecule has 0 aromatic heterocycles. The molecule has 1 aromatic rings. The van der Waals surface area contributed by atoms with Gasteiger partial charge in [0.15, 0.2) is 0 Å². The number of likely N-dealkylation sites (tertiary alicyclic amines) is 1. The van der Waals surface area contributed by atoms with E-state index in [0.717, 1.165) is 24.1 Å². The van der Waals surface area contributed by atoms with Crippen LogP contribution >= 0.6 is 0 Å². The van der Waals surface area contributed by atoms with E-state index in [4.69, 9.17) is 4.74 Å². The van der Waals surface area contributed by atoms with Crippen LogP contribution in [0.1, 0.15) is 18.4 Å². The van der Waals surface area contributed by atoms with Gasteiger partial charge in [0.2, 0.25) is 0 Å². The van der Waals surface area contributed by atoms with E-state index < -0.39 is 0 Å². The van der Waals surface area contributed by atoms with E-state index in [0.29, 0.717) is 19.6 Å². The third-order valence-electron chi connectivity index (χ3n) is 4.40. The van der Waals surface area contributed by atoms with Gasteiger partial charge in [-0.05, 0) is 30.5 Å². The Kier molecular flexibility index (Phi) is 6.50. The first kappa shape index (κ1) is 18.9. The Balaban J connectivity index is 1.86. The zero-order chi connectivity index (χ0) is 18.4. The lowest BCUT2D eigenvalue weighted by atomic mass is 10.1. The van der Waals surface area contributed by atoms with E-state index in [-0.39, 0.29) is 18.2 Å². The fraction of sp³-hybridized carbons (Fsp3) is 0.556. The molecule has 7 nitrogen and oxygen atoms in total. The van der Waals surface area contributed by atoms with Crippen molar-refractivity contribution in [3.8, 4) is 0 Å². The average molecular weight is 348 g/mol. The van der Waals surface area contributed by atoms with Crippen molar-refractivity contribution in [3.05, 3.63) is 29.8 Å². The fourth-order valence-electron chi connectivity index (χ4n) is 2.92. The SMILES string of the molecule is COC(=O)N1CCCC(NC(=O)N(C)Cc2ccc(N(C)C)cc2)C1. The molecular formula is C18H28N4O3. The Morgan fingerprint density at radius 3 is 2.52 bits per heavy atom. The lowest BCUT2D eigenvalue weighted by molar-refractivity contribution is 0.107. The number of rotatable bonds is 4. The van der Waals surface area contributed by atoms with Crippen molar-refractivity contribution in [2.45, 2.75) is 25.4 Å². The highest BCUT2D eigenvalue weighted by molar-refractivity contribution is 5.74. The van der Waals surface area contributed by atoms with E-state index in [2.05, 4.69) is 5.32 Å². The number of benzene rings is 1. The molecule has 0 spiro atoms. The summed E-state index contributed by atoms with van der Waals surface area (Å²) in [6.07, 6.45) is 1.38. The smallest absolute Gasteiger partial charge is 0.409 e. The van der Waals surface area contributed by atoms with Crippen molar-refractivity contribution in [2.75, 3.05) is 46.2 Å². The number of hydrogen-bond acceptors (Lipinski definition) is 4. The zero-order valence-electron chi connectivity index (χ0n) is 15.5. The van der Waals surface area contributed by atoms with Crippen molar-refractivity contribution < 1.29 is 14.3 Å². The van der Waals surface area contributed by atoms with Crippen molar-refractivity contribution in [1.29, 1.82) is 0 Å². The molecule has 0 aliphatic carbocycles. The monoisotopic (exact) mass is 348 g/mol. The quantitative estimate of drug-likeness (QED) is 0.905. The molecule has 1 aromatic carbocycles. The summed E-state index contributed by atoms with van der Waals surface area (Å²) >= 11 is 0. The Hall–Kier alpha value is -2.44. The number of amides is 3. The van der Waals surface area contributed by atoms with Crippen molar-refractivity contribution in [2.24, 2.45) is 0 Å². The van der Waals surface area contributed by atoms with Gasteiger partial charge in [-0.15, -0.1) is 0 Å². The fourth-order valence-corrected chi connectivity index (χ4v) is 2.92. The summed E-state index contributed by atoms with van der Waals surface area (Å²) in [5, 5.41) is 3.01. The number of anilines is 1. The Morgan fingerprint density at radius 1 is 1.24 bits per heavy atom. The van der Waals surface area contributed by atoms with E-state index in [1.54, 1.807) is 16.8 Å². The number of ether oxygens (including phenoxy) is 1. The number of carbonyl (C=O) groups excluding carboxylic acids is 2. The van der Waals surface area contributed by atoms with Crippen LogP contribution in [0.3, 0.4) is 0 Å². The largest absolute Gasteiger partial charge is 0.453 e. The molecule has 25 heavy (non-hydrogen) atoms. The molecule has 7 heteroatoms. The predicted molar refractivity (Wildman–Crippen MR) is 97.8 cm³/mol. The highest BCUT2D eigenvalue weighted by Gasteiger charge is 2.25. The number of piperidine rings is 1. The van der Waals surface area contributed by atoms with E-state index >= 15 is 0 Å². The van der Waals surface area contributed by atoms with Crippen LogP contribution in [0, 0.1) is 0 Å². The van der Waals surface area contributed by atoms with Crippen LogP contribution < -0.4 is 10.2 Å². The molecular weight excluding hydrogens is 320 g/mol. The van der Waals surface area contributed by atoms with Crippen molar-refractivity contribution >= 4 is 17.8 Å². The van der Waals surface area contributed by atoms with Crippen LogP contribution in [-0.4, -0.2) is 69.3 Å². The Morgan fingerprint density at radius 2 is 1.92 bits per heavy atom. The van der Waals surface area contributed by atoms with Gasteiger partial charge in [0.25, 0.3) is 0 Å². The topological polar surface area (TPSA) is 65.1 Å². The minimum absolute atomic E-state index is 0.0427. The predicted octanol–water partition coefficient (Wildman–Crippen LogP) is 2.12. The molecule has 138 valence electrons. The van der Waals surface area contributed by atoms with Crippen LogP contribution in [0.4, 0.5) is 15.3 Å². The summed E-state index contributed by atoms with van der Waals surface area (Å²) in [7, 11) is 7.14. The van der Waals surface area contributed by atoms with Gasteiger partial charge >= 0.3 is 12.1 Å². The summed E-state index contributed by atoms with van der Waals surface area (Å²) in [5.41, 5.74) is 2.20. The lowest BCUT2D eigenvalue weighted by Gasteiger charge is -2.33. The molecule has 1 unspecified atom stereocenters. The summed E-state index contributed by atoms with van der Waals surface area (Å²) in [6.45, 7) is 1.70. The summed E-state index contributed by atoms with van der Waals surface area (Å²) < 4.78 is 4.76.